The lowest BCUT2D eigenvalue weighted by Crippen LogP contribution is -2.54. The quantitative estimate of drug-likeness (QED) is 0.851. The molecule has 0 fully saturated rings. The van der Waals surface area contributed by atoms with Crippen LogP contribution in [0.1, 0.15) is 10.8 Å². The molecule has 4 nitrogen and oxygen atoms in total. The van der Waals surface area contributed by atoms with Crippen molar-refractivity contribution in [2.75, 3.05) is 25.5 Å². The average Bonchev–Trinajstić information content (AvgIpc) is 2.48. The summed E-state index contributed by atoms with van der Waals surface area (Å²) in [7, 11) is 0.243. The van der Waals surface area contributed by atoms with Gasteiger partial charge in [-0.25, -0.2) is 12.8 Å². The monoisotopic (exact) mass is 323 g/mol. The van der Waals surface area contributed by atoms with Crippen molar-refractivity contribution in [3.05, 3.63) is 59.9 Å². The number of benzene rings is 2. The summed E-state index contributed by atoms with van der Waals surface area (Å²) in [5, 5.41) is -0.742. The van der Waals surface area contributed by atoms with Crippen molar-refractivity contribution >= 4 is 15.5 Å². The Kier molecular flexibility index (Phi) is 4.83. The predicted octanol–water partition coefficient (Wildman–Crippen LogP) is 1.65. The number of rotatable bonds is 5. The first-order valence-corrected chi connectivity index (χ1v) is 8.47. The molecule has 0 saturated heterocycles. The lowest BCUT2D eigenvalue weighted by molar-refractivity contribution is -0.367. The van der Waals surface area contributed by atoms with E-state index in [0.717, 1.165) is 17.8 Å². The molecule has 0 heterocycles. The number of anilines is 1. The van der Waals surface area contributed by atoms with Crippen LogP contribution in [0.3, 0.4) is 0 Å². The van der Waals surface area contributed by atoms with Crippen molar-refractivity contribution in [1.29, 1.82) is 0 Å². The van der Waals surface area contributed by atoms with Crippen molar-refractivity contribution in [3.8, 4) is 0 Å². The first-order chi connectivity index (χ1) is 10.4. The van der Waals surface area contributed by atoms with E-state index in [-0.39, 0.29) is 11.4 Å². The van der Waals surface area contributed by atoms with Gasteiger partial charge in [0, 0.05) is 19.8 Å². The number of hydrogen-bond donors (Lipinski definition) is 1. The van der Waals surface area contributed by atoms with Crippen LogP contribution in [-0.2, 0) is 9.84 Å². The van der Waals surface area contributed by atoms with Crippen LogP contribution in [0.5, 0.6) is 0 Å². The van der Waals surface area contributed by atoms with Crippen molar-refractivity contribution < 1.29 is 18.5 Å². The van der Waals surface area contributed by atoms with Crippen LogP contribution < -0.4 is 10.6 Å². The van der Waals surface area contributed by atoms with Gasteiger partial charge in [-0.05, 0) is 42.0 Å². The minimum Gasteiger partial charge on any atom is -0.378 e. The zero-order chi connectivity index (χ0) is 16.3. The number of halogens is 1. The fraction of sp³-hybridized carbons (Fsp3) is 0.250. The highest BCUT2D eigenvalue weighted by atomic mass is 32.2. The van der Waals surface area contributed by atoms with Crippen LogP contribution in [0, 0.1) is 5.82 Å². The molecule has 1 atom stereocenters. The Labute approximate surface area is 130 Å². The molecule has 3 N–H and O–H groups in total. The highest BCUT2D eigenvalue weighted by Crippen LogP contribution is 2.29. The predicted molar refractivity (Wildman–Crippen MR) is 84.9 cm³/mol. The average molecular weight is 323 g/mol. The zero-order valence-electron chi connectivity index (χ0n) is 12.7. The normalized spacial score (nSPS) is 12.9. The summed E-state index contributed by atoms with van der Waals surface area (Å²) in [5.41, 5.74) is 5.44. The standard InChI is InChI=1S/C16H19FN2O2S/c1-19(2)14-7-3-12(4-8-14)16(11-18)22(20,21)15-9-5-13(17)6-10-15/h3-10,16H,11,18H2,1-2H3/p+1/t16-/m1/s1. The molecule has 22 heavy (non-hydrogen) atoms. The van der Waals surface area contributed by atoms with Gasteiger partial charge in [0.2, 0.25) is 0 Å². The maximum Gasteiger partial charge on any atom is 0.190 e. The molecule has 0 aliphatic carbocycles. The van der Waals surface area contributed by atoms with Gasteiger partial charge >= 0.3 is 0 Å². The second kappa shape index (κ2) is 6.46. The van der Waals surface area contributed by atoms with Crippen molar-refractivity contribution in [2.45, 2.75) is 10.1 Å². The Morgan fingerprint density at radius 1 is 1.05 bits per heavy atom. The molecule has 2 aromatic rings. The van der Waals surface area contributed by atoms with E-state index in [1.807, 2.05) is 31.1 Å². The Hall–Kier alpha value is -1.92. The van der Waals surface area contributed by atoms with Crippen molar-refractivity contribution in [1.82, 2.24) is 0 Å². The Morgan fingerprint density at radius 3 is 2.05 bits per heavy atom. The molecule has 0 aromatic heterocycles. The number of nitrogens with zero attached hydrogens (tertiary/aromatic N) is 1. The molecular weight excluding hydrogens is 303 g/mol. The van der Waals surface area contributed by atoms with E-state index in [0.29, 0.717) is 5.56 Å². The van der Waals surface area contributed by atoms with Gasteiger partial charge in [0.05, 0.1) is 11.4 Å². The van der Waals surface area contributed by atoms with Crippen LogP contribution >= 0.6 is 0 Å². The SMILES string of the molecule is CN(C)c1ccc([C@@H](C[NH3+])S(=O)(=O)c2ccc(F)cc2)cc1. The van der Waals surface area contributed by atoms with E-state index in [9.17, 15) is 12.8 Å². The largest absolute Gasteiger partial charge is 0.378 e. The van der Waals surface area contributed by atoms with Crippen molar-refractivity contribution in [2.24, 2.45) is 0 Å². The molecule has 2 rings (SSSR count). The fourth-order valence-electron chi connectivity index (χ4n) is 2.28. The molecule has 0 unspecified atom stereocenters. The Bertz CT molecular complexity index is 726. The minimum absolute atomic E-state index is 0.110. The first kappa shape index (κ1) is 16.5. The Balaban J connectivity index is 2.40. The molecule has 118 valence electrons. The molecule has 0 aliphatic rings. The van der Waals surface area contributed by atoms with Crippen LogP contribution in [0.15, 0.2) is 53.4 Å². The fourth-order valence-corrected chi connectivity index (χ4v) is 3.95. The van der Waals surface area contributed by atoms with Gasteiger partial charge < -0.3 is 10.6 Å². The molecule has 0 bridgehead atoms. The molecule has 0 radical (unpaired) electrons. The van der Waals surface area contributed by atoms with Crippen LogP contribution in [0.25, 0.3) is 0 Å². The molecule has 0 spiro atoms. The highest BCUT2D eigenvalue weighted by molar-refractivity contribution is 7.91. The third-order valence-electron chi connectivity index (χ3n) is 3.56. The topological polar surface area (TPSA) is 65.0 Å². The number of sulfone groups is 1. The summed E-state index contributed by atoms with van der Waals surface area (Å²) >= 11 is 0. The van der Waals surface area contributed by atoms with Gasteiger partial charge in [0.15, 0.2) is 9.84 Å². The van der Waals surface area contributed by atoms with E-state index < -0.39 is 20.9 Å². The number of quaternary nitrogens is 1. The smallest absolute Gasteiger partial charge is 0.190 e. The highest BCUT2D eigenvalue weighted by Gasteiger charge is 2.29. The maximum absolute atomic E-state index is 13.0. The van der Waals surface area contributed by atoms with Crippen LogP contribution in [0.4, 0.5) is 10.1 Å². The summed E-state index contributed by atoms with van der Waals surface area (Å²) < 4.78 is 38.4. The molecule has 6 heteroatoms. The molecule has 0 saturated carbocycles. The lowest BCUT2D eigenvalue weighted by atomic mass is 10.1. The number of hydrogen-bond acceptors (Lipinski definition) is 3. The third-order valence-corrected chi connectivity index (χ3v) is 5.75. The van der Waals surface area contributed by atoms with E-state index in [4.69, 9.17) is 0 Å². The molecular formula is C16H20FN2O2S+. The van der Waals surface area contributed by atoms with Gasteiger partial charge in [-0.1, -0.05) is 12.1 Å². The third kappa shape index (κ3) is 3.28. The van der Waals surface area contributed by atoms with Crippen LogP contribution in [0.2, 0.25) is 0 Å². The minimum atomic E-state index is -3.60. The second-order valence-corrected chi connectivity index (χ2v) is 7.39. The first-order valence-electron chi connectivity index (χ1n) is 6.92. The second-order valence-electron chi connectivity index (χ2n) is 5.26. The zero-order valence-corrected chi connectivity index (χ0v) is 13.5. The van der Waals surface area contributed by atoms with Gasteiger partial charge in [0.25, 0.3) is 0 Å². The van der Waals surface area contributed by atoms with E-state index in [2.05, 4.69) is 5.73 Å². The van der Waals surface area contributed by atoms with E-state index >= 15 is 0 Å². The summed E-state index contributed by atoms with van der Waals surface area (Å²) in [6.45, 7) is 0.209. The van der Waals surface area contributed by atoms with Gasteiger partial charge in [0.1, 0.15) is 11.1 Å². The van der Waals surface area contributed by atoms with Gasteiger partial charge in [-0.2, -0.15) is 0 Å². The summed E-state index contributed by atoms with van der Waals surface area (Å²) in [5.74, 6) is -0.458. The molecule has 0 amide bonds. The summed E-state index contributed by atoms with van der Waals surface area (Å²) in [6.07, 6.45) is 0. The van der Waals surface area contributed by atoms with Gasteiger partial charge in [-0.3, -0.25) is 0 Å². The van der Waals surface area contributed by atoms with Crippen LogP contribution in [-0.4, -0.2) is 29.1 Å². The maximum atomic E-state index is 13.0. The van der Waals surface area contributed by atoms with E-state index in [1.54, 1.807) is 12.1 Å². The summed E-state index contributed by atoms with van der Waals surface area (Å²) in [6, 6.07) is 12.2. The van der Waals surface area contributed by atoms with Gasteiger partial charge in [-0.15, -0.1) is 0 Å². The molecule has 2 aromatic carbocycles. The van der Waals surface area contributed by atoms with E-state index in [1.165, 1.54) is 12.1 Å². The molecule has 0 aliphatic heterocycles. The van der Waals surface area contributed by atoms with Crippen molar-refractivity contribution in [3.63, 3.8) is 0 Å². The Morgan fingerprint density at radius 2 is 1.59 bits per heavy atom. The lowest BCUT2D eigenvalue weighted by Gasteiger charge is -2.17. The summed E-state index contributed by atoms with van der Waals surface area (Å²) in [4.78, 5) is 2.05.